The third-order valence-corrected chi connectivity index (χ3v) is 1.81. The first kappa shape index (κ1) is 8.04. The van der Waals surface area contributed by atoms with E-state index in [1.807, 2.05) is 6.92 Å². The van der Waals surface area contributed by atoms with Crippen molar-refractivity contribution in [1.82, 2.24) is 5.32 Å². The molecule has 4 heteroatoms. The van der Waals surface area contributed by atoms with E-state index in [2.05, 4.69) is 10.1 Å². The second kappa shape index (κ2) is 2.90. The Bertz CT molecular complexity index is 181. The van der Waals surface area contributed by atoms with Crippen LogP contribution in [0.2, 0.25) is 0 Å². The molecule has 1 atom stereocenters. The Morgan fingerprint density at radius 1 is 1.82 bits per heavy atom. The maximum absolute atomic E-state index is 10.8. The first-order valence-corrected chi connectivity index (χ1v) is 3.52. The van der Waals surface area contributed by atoms with E-state index in [1.54, 1.807) is 0 Å². The zero-order chi connectivity index (χ0) is 8.32. The summed E-state index contributed by atoms with van der Waals surface area (Å²) in [6.45, 7) is 2.53. The summed E-state index contributed by atoms with van der Waals surface area (Å²) in [5.41, 5.74) is -0.335. The molecular weight excluding hydrogens is 146 g/mol. The lowest BCUT2D eigenvalue weighted by molar-refractivity contribution is -0.131. The Hall–Kier alpha value is -1.06. The SMILES string of the molecule is CC1(COC=O)CCC(=O)N1. The summed E-state index contributed by atoms with van der Waals surface area (Å²) in [5, 5.41) is 2.74. The van der Waals surface area contributed by atoms with Crippen LogP contribution in [0.25, 0.3) is 0 Å². The maximum Gasteiger partial charge on any atom is 0.293 e. The van der Waals surface area contributed by atoms with E-state index >= 15 is 0 Å². The number of rotatable bonds is 3. The van der Waals surface area contributed by atoms with E-state index < -0.39 is 0 Å². The van der Waals surface area contributed by atoms with Crippen LogP contribution in [0, 0.1) is 0 Å². The molecule has 1 unspecified atom stereocenters. The highest BCUT2D eigenvalue weighted by Gasteiger charge is 2.33. The minimum Gasteiger partial charge on any atom is -0.465 e. The molecule has 0 spiro atoms. The van der Waals surface area contributed by atoms with Gasteiger partial charge in [-0.05, 0) is 13.3 Å². The smallest absolute Gasteiger partial charge is 0.293 e. The molecule has 1 aliphatic heterocycles. The molecule has 11 heavy (non-hydrogen) atoms. The van der Waals surface area contributed by atoms with Gasteiger partial charge in [0.2, 0.25) is 5.91 Å². The molecule has 0 aromatic carbocycles. The summed E-state index contributed by atoms with van der Waals surface area (Å²) in [5.74, 6) is 0.0296. The third kappa shape index (κ3) is 1.93. The number of hydrogen-bond acceptors (Lipinski definition) is 3. The van der Waals surface area contributed by atoms with Gasteiger partial charge in [0.05, 0.1) is 5.54 Å². The first-order valence-electron chi connectivity index (χ1n) is 3.52. The molecule has 1 N–H and O–H groups in total. The van der Waals surface area contributed by atoms with E-state index in [0.717, 1.165) is 6.42 Å². The second-order valence-corrected chi connectivity index (χ2v) is 3.02. The lowest BCUT2D eigenvalue weighted by atomic mass is 10.0. The monoisotopic (exact) mass is 157 g/mol. The minimum absolute atomic E-state index is 0.0296. The van der Waals surface area contributed by atoms with Crippen LogP contribution in [-0.4, -0.2) is 24.5 Å². The molecule has 0 aliphatic carbocycles. The van der Waals surface area contributed by atoms with Crippen LogP contribution >= 0.6 is 0 Å². The van der Waals surface area contributed by atoms with Gasteiger partial charge in [0.25, 0.3) is 6.47 Å². The van der Waals surface area contributed by atoms with Crippen molar-refractivity contribution in [2.45, 2.75) is 25.3 Å². The summed E-state index contributed by atoms with van der Waals surface area (Å²) >= 11 is 0. The number of hydrogen-bond donors (Lipinski definition) is 1. The largest absolute Gasteiger partial charge is 0.465 e. The van der Waals surface area contributed by atoms with Gasteiger partial charge in [0.1, 0.15) is 6.61 Å². The van der Waals surface area contributed by atoms with Gasteiger partial charge in [-0.1, -0.05) is 0 Å². The van der Waals surface area contributed by atoms with Gasteiger partial charge in [-0.15, -0.1) is 0 Å². The molecule has 0 radical (unpaired) electrons. The van der Waals surface area contributed by atoms with E-state index in [4.69, 9.17) is 0 Å². The zero-order valence-electron chi connectivity index (χ0n) is 6.42. The summed E-state index contributed by atoms with van der Waals surface area (Å²) in [4.78, 5) is 20.6. The quantitative estimate of drug-likeness (QED) is 0.578. The summed E-state index contributed by atoms with van der Waals surface area (Å²) in [7, 11) is 0. The lowest BCUT2D eigenvalue weighted by Crippen LogP contribution is -2.42. The average molecular weight is 157 g/mol. The second-order valence-electron chi connectivity index (χ2n) is 3.02. The minimum atomic E-state index is -0.335. The van der Waals surface area contributed by atoms with Crippen molar-refractivity contribution in [2.24, 2.45) is 0 Å². The molecule has 1 saturated heterocycles. The van der Waals surface area contributed by atoms with Crippen molar-refractivity contribution >= 4 is 12.4 Å². The number of carbonyl (C=O) groups is 2. The van der Waals surface area contributed by atoms with Gasteiger partial charge in [-0.2, -0.15) is 0 Å². The third-order valence-electron chi connectivity index (χ3n) is 1.81. The highest BCUT2D eigenvalue weighted by atomic mass is 16.5. The van der Waals surface area contributed by atoms with Crippen LogP contribution in [0.4, 0.5) is 0 Å². The highest BCUT2D eigenvalue weighted by molar-refractivity contribution is 5.79. The molecule has 1 rings (SSSR count). The topological polar surface area (TPSA) is 55.4 Å². The summed E-state index contributed by atoms with van der Waals surface area (Å²) < 4.78 is 4.57. The first-order chi connectivity index (χ1) is 5.16. The normalized spacial score (nSPS) is 29.7. The van der Waals surface area contributed by atoms with Gasteiger partial charge >= 0.3 is 0 Å². The highest BCUT2D eigenvalue weighted by Crippen LogP contribution is 2.18. The van der Waals surface area contributed by atoms with Crippen LogP contribution < -0.4 is 5.32 Å². The molecule has 0 aromatic rings. The lowest BCUT2D eigenvalue weighted by Gasteiger charge is -2.21. The molecule has 1 fully saturated rings. The molecule has 0 saturated carbocycles. The van der Waals surface area contributed by atoms with Crippen molar-refractivity contribution in [1.29, 1.82) is 0 Å². The molecule has 0 bridgehead atoms. The van der Waals surface area contributed by atoms with Crippen molar-refractivity contribution in [3.05, 3.63) is 0 Å². The Morgan fingerprint density at radius 3 is 3.00 bits per heavy atom. The van der Waals surface area contributed by atoms with Crippen LogP contribution in [0.1, 0.15) is 19.8 Å². The zero-order valence-corrected chi connectivity index (χ0v) is 6.42. The average Bonchev–Trinajstić information content (AvgIpc) is 2.28. The Labute approximate surface area is 64.9 Å². The van der Waals surface area contributed by atoms with Gasteiger partial charge in [0, 0.05) is 6.42 Å². The van der Waals surface area contributed by atoms with Crippen LogP contribution in [-0.2, 0) is 14.3 Å². The fourth-order valence-corrected chi connectivity index (χ4v) is 1.18. The van der Waals surface area contributed by atoms with Gasteiger partial charge in [-0.3, -0.25) is 9.59 Å². The van der Waals surface area contributed by atoms with Crippen molar-refractivity contribution in [3.63, 3.8) is 0 Å². The molecule has 1 heterocycles. The van der Waals surface area contributed by atoms with E-state index in [1.165, 1.54) is 0 Å². The Balaban J connectivity index is 2.41. The van der Waals surface area contributed by atoms with Gasteiger partial charge in [0.15, 0.2) is 0 Å². The van der Waals surface area contributed by atoms with E-state index in [9.17, 15) is 9.59 Å². The fourth-order valence-electron chi connectivity index (χ4n) is 1.18. The van der Waals surface area contributed by atoms with Gasteiger partial charge in [-0.25, -0.2) is 0 Å². The fraction of sp³-hybridized carbons (Fsp3) is 0.714. The summed E-state index contributed by atoms with van der Waals surface area (Å²) in [6, 6.07) is 0. The number of nitrogens with one attached hydrogen (secondary N) is 1. The summed E-state index contributed by atoms with van der Waals surface area (Å²) in [6.07, 6.45) is 1.26. The molecule has 1 amide bonds. The van der Waals surface area contributed by atoms with E-state index in [0.29, 0.717) is 12.9 Å². The van der Waals surface area contributed by atoms with E-state index in [-0.39, 0.29) is 18.1 Å². The molecule has 0 aromatic heterocycles. The molecule has 4 nitrogen and oxygen atoms in total. The van der Waals surface area contributed by atoms with Crippen LogP contribution in [0.3, 0.4) is 0 Å². The van der Waals surface area contributed by atoms with Crippen molar-refractivity contribution in [2.75, 3.05) is 6.61 Å². The maximum atomic E-state index is 10.8. The van der Waals surface area contributed by atoms with Gasteiger partial charge < -0.3 is 10.1 Å². The molecule has 1 aliphatic rings. The number of ether oxygens (including phenoxy) is 1. The van der Waals surface area contributed by atoms with Crippen LogP contribution in [0.15, 0.2) is 0 Å². The Morgan fingerprint density at radius 2 is 2.55 bits per heavy atom. The van der Waals surface area contributed by atoms with Crippen molar-refractivity contribution < 1.29 is 14.3 Å². The van der Waals surface area contributed by atoms with Crippen LogP contribution in [0.5, 0.6) is 0 Å². The molecule has 62 valence electrons. The predicted octanol–water partition coefficient (Wildman–Crippen LogP) is -0.172. The standard InChI is InChI=1S/C7H11NO3/c1-7(4-11-5-9)3-2-6(10)8-7/h5H,2-4H2,1H3,(H,8,10). The number of carbonyl (C=O) groups excluding carboxylic acids is 2. The Kier molecular flexibility index (Phi) is 2.12. The predicted molar refractivity (Wildman–Crippen MR) is 37.8 cm³/mol. The molecular formula is C7H11NO3. The number of amides is 1. The van der Waals surface area contributed by atoms with Crippen molar-refractivity contribution in [3.8, 4) is 0 Å².